The molecule has 4 rings (SSSR count). The highest BCUT2D eigenvalue weighted by Crippen LogP contribution is 2.20. The number of amides is 1. The molecule has 0 unspecified atom stereocenters. The quantitative estimate of drug-likeness (QED) is 0.528. The van der Waals surface area contributed by atoms with E-state index in [4.69, 9.17) is 10.2 Å². The molecule has 2 aromatic carbocycles. The molecule has 6 heteroatoms. The minimum atomic E-state index is -0.196. The van der Waals surface area contributed by atoms with Crippen LogP contribution in [0.25, 0.3) is 11.3 Å². The van der Waals surface area contributed by atoms with Gasteiger partial charge in [0.2, 0.25) is 0 Å². The Kier molecular flexibility index (Phi) is 4.45. The van der Waals surface area contributed by atoms with E-state index in [1.807, 2.05) is 47.3 Å². The molecule has 0 spiro atoms. The second-order valence-corrected chi connectivity index (χ2v) is 6.14. The fourth-order valence-corrected chi connectivity index (χ4v) is 2.77. The summed E-state index contributed by atoms with van der Waals surface area (Å²) < 4.78 is 7.21. The van der Waals surface area contributed by atoms with Gasteiger partial charge in [0, 0.05) is 11.8 Å². The molecule has 6 nitrogen and oxygen atoms in total. The van der Waals surface area contributed by atoms with Crippen LogP contribution in [0.3, 0.4) is 0 Å². The number of carbonyl (C=O) groups excluding carboxylic acids is 1. The third-order valence-corrected chi connectivity index (χ3v) is 4.21. The monoisotopic (exact) mass is 358 g/mol. The first-order chi connectivity index (χ1) is 13.2. The molecule has 2 heterocycles. The van der Waals surface area contributed by atoms with Crippen LogP contribution >= 0.6 is 0 Å². The van der Waals surface area contributed by atoms with Crippen molar-refractivity contribution in [2.45, 2.75) is 6.54 Å². The average molecular weight is 358 g/mol. The standard InChI is InChI=1S/C21H18N4O2/c22-18-4-1-2-5-19(18)24-21(26)16-9-7-15(8-10-16)13-25-14-17(12-23-25)20-6-3-11-27-20/h1-12,14H,13,22H2,(H,24,26). The summed E-state index contributed by atoms with van der Waals surface area (Å²) in [6.45, 7) is 0.605. The van der Waals surface area contributed by atoms with Crippen LogP contribution in [0.4, 0.5) is 11.4 Å². The summed E-state index contributed by atoms with van der Waals surface area (Å²) in [7, 11) is 0. The van der Waals surface area contributed by atoms with Gasteiger partial charge in [0.25, 0.3) is 5.91 Å². The second kappa shape index (κ2) is 7.21. The Morgan fingerprint density at radius 1 is 1.07 bits per heavy atom. The largest absolute Gasteiger partial charge is 0.464 e. The third kappa shape index (κ3) is 3.74. The maximum Gasteiger partial charge on any atom is 0.255 e. The molecule has 4 aromatic rings. The Hall–Kier alpha value is -3.80. The molecule has 0 aliphatic rings. The fraction of sp³-hybridized carbons (Fsp3) is 0.0476. The van der Waals surface area contributed by atoms with Crippen molar-refractivity contribution in [2.24, 2.45) is 0 Å². The van der Waals surface area contributed by atoms with E-state index >= 15 is 0 Å². The summed E-state index contributed by atoms with van der Waals surface area (Å²) in [5, 5.41) is 7.18. The zero-order valence-electron chi connectivity index (χ0n) is 14.5. The van der Waals surface area contributed by atoms with Crippen molar-refractivity contribution in [1.29, 1.82) is 0 Å². The van der Waals surface area contributed by atoms with Gasteiger partial charge in [0.15, 0.2) is 0 Å². The van der Waals surface area contributed by atoms with Gasteiger partial charge in [-0.3, -0.25) is 9.48 Å². The van der Waals surface area contributed by atoms with Crippen molar-refractivity contribution in [2.75, 3.05) is 11.1 Å². The molecule has 0 saturated carbocycles. The normalized spacial score (nSPS) is 10.7. The van der Waals surface area contributed by atoms with Crippen LogP contribution in [0.1, 0.15) is 15.9 Å². The lowest BCUT2D eigenvalue weighted by atomic mass is 10.1. The van der Waals surface area contributed by atoms with Crippen molar-refractivity contribution >= 4 is 17.3 Å². The van der Waals surface area contributed by atoms with E-state index in [0.29, 0.717) is 23.5 Å². The summed E-state index contributed by atoms with van der Waals surface area (Å²) in [5.74, 6) is 0.590. The van der Waals surface area contributed by atoms with E-state index in [2.05, 4.69) is 10.4 Å². The Balaban J connectivity index is 1.43. The zero-order chi connectivity index (χ0) is 18.6. The highest BCUT2D eigenvalue weighted by molar-refractivity contribution is 6.05. The van der Waals surface area contributed by atoms with Crippen LogP contribution in [0.15, 0.2) is 83.7 Å². The van der Waals surface area contributed by atoms with Crippen LogP contribution in [0.2, 0.25) is 0 Å². The summed E-state index contributed by atoms with van der Waals surface area (Å²) in [4.78, 5) is 12.4. The van der Waals surface area contributed by atoms with E-state index in [9.17, 15) is 4.79 Å². The lowest BCUT2D eigenvalue weighted by molar-refractivity contribution is 0.102. The van der Waals surface area contributed by atoms with E-state index in [1.54, 1.807) is 36.7 Å². The maximum absolute atomic E-state index is 12.4. The molecule has 0 fully saturated rings. The van der Waals surface area contributed by atoms with E-state index in [0.717, 1.165) is 16.9 Å². The van der Waals surface area contributed by atoms with Gasteiger partial charge in [-0.2, -0.15) is 5.10 Å². The number of nitrogens with one attached hydrogen (secondary N) is 1. The number of nitrogens with zero attached hydrogens (tertiary/aromatic N) is 2. The summed E-state index contributed by atoms with van der Waals surface area (Å²) in [5.41, 5.74) is 9.54. The molecule has 0 atom stereocenters. The van der Waals surface area contributed by atoms with Crippen LogP contribution < -0.4 is 11.1 Å². The third-order valence-electron chi connectivity index (χ3n) is 4.21. The smallest absolute Gasteiger partial charge is 0.255 e. The molecule has 0 bridgehead atoms. The Bertz CT molecular complexity index is 1050. The van der Waals surface area contributed by atoms with Gasteiger partial charge in [-0.15, -0.1) is 0 Å². The van der Waals surface area contributed by atoms with Crippen LogP contribution in [-0.4, -0.2) is 15.7 Å². The highest BCUT2D eigenvalue weighted by atomic mass is 16.3. The molecule has 134 valence electrons. The fourth-order valence-electron chi connectivity index (χ4n) is 2.77. The number of nitrogen functional groups attached to an aromatic ring is 1. The predicted octanol–water partition coefficient (Wildman–Crippen LogP) is 4.03. The van der Waals surface area contributed by atoms with E-state index in [1.165, 1.54) is 0 Å². The Labute approximate surface area is 156 Å². The summed E-state index contributed by atoms with van der Waals surface area (Å²) in [6, 6.07) is 18.3. The van der Waals surface area contributed by atoms with Gasteiger partial charge >= 0.3 is 0 Å². The zero-order valence-corrected chi connectivity index (χ0v) is 14.5. The first-order valence-electron chi connectivity index (χ1n) is 8.50. The average Bonchev–Trinajstić information content (AvgIpc) is 3.36. The Morgan fingerprint density at radius 3 is 2.63 bits per heavy atom. The molecule has 0 aliphatic heterocycles. The molecule has 0 saturated heterocycles. The van der Waals surface area contributed by atoms with Crippen molar-refractivity contribution in [3.05, 3.63) is 90.4 Å². The number of furan rings is 1. The van der Waals surface area contributed by atoms with Gasteiger partial charge in [0.1, 0.15) is 5.76 Å². The summed E-state index contributed by atoms with van der Waals surface area (Å²) >= 11 is 0. The van der Waals surface area contributed by atoms with Gasteiger partial charge < -0.3 is 15.5 Å². The Morgan fingerprint density at radius 2 is 1.89 bits per heavy atom. The predicted molar refractivity (Wildman–Crippen MR) is 104 cm³/mol. The van der Waals surface area contributed by atoms with Crippen LogP contribution in [-0.2, 0) is 6.54 Å². The molecule has 27 heavy (non-hydrogen) atoms. The van der Waals surface area contributed by atoms with Gasteiger partial charge in [-0.25, -0.2) is 0 Å². The van der Waals surface area contributed by atoms with E-state index in [-0.39, 0.29) is 5.91 Å². The van der Waals surface area contributed by atoms with Crippen LogP contribution in [0, 0.1) is 0 Å². The van der Waals surface area contributed by atoms with Crippen molar-refractivity contribution in [1.82, 2.24) is 9.78 Å². The number of anilines is 2. The SMILES string of the molecule is Nc1ccccc1NC(=O)c1ccc(Cn2cc(-c3ccco3)cn2)cc1. The molecule has 1 amide bonds. The van der Waals surface area contributed by atoms with E-state index < -0.39 is 0 Å². The summed E-state index contributed by atoms with van der Waals surface area (Å²) in [6.07, 6.45) is 5.34. The lowest BCUT2D eigenvalue weighted by Crippen LogP contribution is -2.13. The number of rotatable bonds is 5. The van der Waals surface area contributed by atoms with Gasteiger partial charge in [-0.1, -0.05) is 24.3 Å². The van der Waals surface area contributed by atoms with Gasteiger partial charge in [0.05, 0.1) is 35.9 Å². The maximum atomic E-state index is 12.4. The lowest BCUT2D eigenvalue weighted by Gasteiger charge is -2.08. The van der Waals surface area contributed by atoms with Crippen molar-refractivity contribution < 1.29 is 9.21 Å². The number of hydrogen-bond acceptors (Lipinski definition) is 4. The number of para-hydroxylation sites is 2. The molecule has 0 aliphatic carbocycles. The number of benzene rings is 2. The van der Waals surface area contributed by atoms with Crippen LogP contribution in [0.5, 0.6) is 0 Å². The van der Waals surface area contributed by atoms with Crippen molar-refractivity contribution in [3.63, 3.8) is 0 Å². The minimum Gasteiger partial charge on any atom is -0.464 e. The topological polar surface area (TPSA) is 86.1 Å². The number of aromatic nitrogens is 2. The highest BCUT2D eigenvalue weighted by Gasteiger charge is 2.09. The number of carbonyl (C=O) groups is 1. The number of nitrogens with two attached hydrogens (primary N) is 1. The first-order valence-corrected chi connectivity index (χ1v) is 8.50. The molecular formula is C21H18N4O2. The number of hydrogen-bond donors (Lipinski definition) is 2. The molecule has 0 radical (unpaired) electrons. The molecule has 3 N–H and O–H groups in total. The second-order valence-electron chi connectivity index (χ2n) is 6.14. The van der Waals surface area contributed by atoms with Gasteiger partial charge in [-0.05, 0) is 42.0 Å². The minimum absolute atomic E-state index is 0.196. The van der Waals surface area contributed by atoms with Crippen molar-refractivity contribution in [3.8, 4) is 11.3 Å². The molecular weight excluding hydrogens is 340 g/mol. The molecule has 2 aromatic heterocycles. The first kappa shape index (κ1) is 16.7.